The first-order chi connectivity index (χ1) is 9.08. The Morgan fingerprint density at radius 2 is 2.32 bits per heavy atom. The number of nitro groups is 1. The van der Waals surface area contributed by atoms with E-state index in [4.69, 9.17) is 9.47 Å². The van der Waals surface area contributed by atoms with Crippen molar-refractivity contribution in [2.24, 2.45) is 0 Å². The van der Waals surface area contributed by atoms with Crippen molar-refractivity contribution in [2.75, 3.05) is 13.2 Å². The molecule has 0 spiro atoms. The van der Waals surface area contributed by atoms with Gasteiger partial charge in [-0.25, -0.2) is 0 Å². The number of carbonyl (C=O) groups is 1. The maximum atomic E-state index is 11.5. The Morgan fingerprint density at radius 3 is 2.89 bits per heavy atom. The van der Waals surface area contributed by atoms with Crippen molar-refractivity contribution in [3.05, 3.63) is 33.9 Å². The summed E-state index contributed by atoms with van der Waals surface area (Å²) in [6, 6.07) is 4.07. The number of nitro benzene ring substituents is 1. The Labute approximate surface area is 110 Å². The molecule has 1 atom stereocenters. The summed E-state index contributed by atoms with van der Waals surface area (Å²) < 4.78 is 11.0. The molecule has 0 aromatic heterocycles. The number of rotatable bonds is 4. The van der Waals surface area contributed by atoms with Gasteiger partial charge in [-0.15, -0.1) is 0 Å². The van der Waals surface area contributed by atoms with Gasteiger partial charge in [0.25, 0.3) is 5.69 Å². The van der Waals surface area contributed by atoms with Crippen LogP contribution in [0.3, 0.4) is 0 Å². The molecule has 2 rings (SSSR count). The van der Waals surface area contributed by atoms with Crippen molar-refractivity contribution in [1.82, 2.24) is 0 Å². The Bertz CT molecular complexity index is 494. The summed E-state index contributed by atoms with van der Waals surface area (Å²) in [5.74, 6) is 0.129. The summed E-state index contributed by atoms with van der Waals surface area (Å²) in [6.07, 6.45) is 1.66. The van der Waals surface area contributed by atoms with Crippen LogP contribution < -0.4 is 4.74 Å². The Balaban J connectivity index is 2.23. The lowest BCUT2D eigenvalue weighted by molar-refractivity contribution is -0.384. The predicted molar refractivity (Wildman–Crippen MR) is 67.6 cm³/mol. The quantitative estimate of drug-likeness (QED) is 0.474. The average Bonchev–Trinajstić information content (AvgIpc) is 2.39. The standard InChI is InChI=1S/C13H15NO5/c1-9(15)12-7-10(14(16)17)4-5-13(12)19-11-3-2-6-18-8-11/h4-5,7,11H,2-3,6,8H2,1H3. The highest BCUT2D eigenvalue weighted by molar-refractivity contribution is 5.97. The molecule has 1 saturated heterocycles. The van der Waals surface area contributed by atoms with E-state index in [0.29, 0.717) is 12.4 Å². The molecule has 6 heteroatoms. The van der Waals surface area contributed by atoms with Crippen molar-refractivity contribution in [1.29, 1.82) is 0 Å². The van der Waals surface area contributed by atoms with Gasteiger partial charge >= 0.3 is 0 Å². The monoisotopic (exact) mass is 265 g/mol. The summed E-state index contributed by atoms with van der Waals surface area (Å²) in [5, 5.41) is 10.7. The Hall–Kier alpha value is -1.95. The molecule has 0 aliphatic carbocycles. The number of hydrogen-bond donors (Lipinski definition) is 0. The van der Waals surface area contributed by atoms with Crippen LogP contribution in [0.25, 0.3) is 0 Å². The maximum absolute atomic E-state index is 11.5. The number of Topliss-reactive ketones (excluding diaryl/α,β-unsaturated/α-hetero) is 1. The number of non-ortho nitro benzene ring substituents is 1. The molecular formula is C13H15NO5. The van der Waals surface area contributed by atoms with Crippen molar-refractivity contribution >= 4 is 11.5 Å². The smallest absolute Gasteiger partial charge is 0.270 e. The number of nitrogens with zero attached hydrogens (tertiary/aromatic N) is 1. The van der Waals surface area contributed by atoms with E-state index < -0.39 is 4.92 Å². The zero-order chi connectivity index (χ0) is 13.8. The lowest BCUT2D eigenvalue weighted by Crippen LogP contribution is -2.28. The van der Waals surface area contributed by atoms with E-state index in [9.17, 15) is 14.9 Å². The highest BCUT2D eigenvalue weighted by Crippen LogP contribution is 2.26. The van der Waals surface area contributed by atoms with E-state index in [-0.39, 0.29) is 23.1 Å². The van der Waals surface area contributed by atoms with Gasteiger partial charge in [-0.3, -0.25) is 14.9 Å². The lowest BCUT2D eigenvalue weighted by Gasteiger charge is -2.24. The van der Waals surface area contributed by atoms with E-state index in [1.54, 1.807) is 0 Å². The van der Waals surface area contributed by atoms with E-state index in [1.807, 2.05) is 0 Å². The van der Waals surface area contributed by atoms with Gasteiger partial charge in [0.1, 0.15) is 11.9 Å². The van der Waals surface area contributed by atoms with Gasteiger partial charge in [0, 0.05) is 18.7 Å². The van der Waals surface area contributed by atoms with Crippen LogP contribution in [-0.4, -0.2) is 30.0 Å². The summed E-state index contributed by atoms with van der Waals surface area (Å²) in [4.78, 5) is 21.7. The second-order valence-corrected chi connectivity index (χ2v) is 4.45. The van der Waals surface area contributed by atoms with Gasteiger partial charge in [0.05, 0.1) is 17.1 Å². The fourth-order valence-electron chi connectivity index (χ4n) is 1.99. The predicted octanol–water partition coefficient (Wildman–Crippen LogP) is 2.36. The van der Waals surface area contributed by atoms with Crippen LogP contribution in [0.4, 0.5) is 5.69 Å². The maximum Gasteiger partial charge on any atom is 0.270 e. The Kier molecular flexibility index (Phi) is 4.11. The first-order valence-electron chi connectivity index (χ1n) is 6.11. The molecule has 0 N–H and O–H groups in total. The van der Waals surface area contributed by atoms with Gasteiger partial charge in [-0.05, 0) is 25.8 Å². The first-order valence-corrected chi connectivity index (χ1v) is 6.11. The molecule has 0 amide bonds. The van der Waals surface area contributed by atoms with Crippen LogP contribution in [-0.2, 0) is 4.74 Å². The number of hydrogen-bond acceptors (Lipinski definition) is 5. The minimum absolute atomic E-state index is 0.103. The van der Waals surface area contributed by atoms with Crippen LogP contribution in [0.1, 0.15) is 30.1 Å². The third-order valence-electron chi connectivity index (χ3n) is 2.97. The molecule has 102 valence electrons. The largest absolute Gasteiger partial charge is 0.487 e. The van der Waals surface area contributed by atoms with Crippen LogP contribution in [0.5, 0.6) is 5.75 Å². The van der Waals surface area contributed by atoms with Crippen LogP contribution >= 0.6 is 0 Å². The normalized spacial score (nSPS) is 18.9. The molecule has 0 radical (unpaired) electrons. The molecule has 1 aliphatic heterocycles. The number of ether oxygens (including phenoxy) is 2. The molecule has 1 aromatic rings. The first kappa shape index (κ1) is 13.5. The minimum Gasteiger partial charge on any atom is -0.487 e. The zero-order valence-electron chi connectivity index (χ0n) is 10.6. The fourth-order valence-corrected chi connectivity index (χ4v) is 1.99. The van der Waals surface area contributed by atoms with E-state index >= 15 is 0 Å². The molecule has 6 nitrogen and oxygen atoms in total. The third-order valence-corrected chi connectivity index (χ3v) is 2.97. The Morgan fingerprint density at radius 1 is 1.53 bits per heavy atom. The topological polar surface area (TPSA) is 78.7 Å². The average molecular weight is 265 g/mol. The summed E-state index contributed by atoms with van der Waals surface area (Å²) in [5.41, 5.74) is 0.122. The van der Waals surface area contributed by atoms with Crippen molar-refractivity contribution in [3.63, 3.8) is 0 Å². The highest BCUT2D eigenvalue weighted by atomic mass is 16.6. The van der Waals surface area contributed by atoms with Gasteiger partial charge < -0.3 is 9.47 Å². The summed E-state index contributed by atoms with van der Waals surface area (Å²) in [6.45, 7) is 2.57. The fraction of sp³-hybridized carbons (Fsp3) is 0.462. The van der Waals surface area contributed by atoms with Crippen LogP contribution in [0, 0.1) is 10.1 Å². The third kappa shape index (κ3) is 3.29. The molecule has 1 aromatic carbocycles. The summed E-state index contributed by atoms with van der Waals surface area (Å²) >= 11 is 0. The van der Waals surface area contributed by atoms with E-state index in [2.05, 4.69) is 0 Å². The highest BCUT2D eigenvalue weighted by Gasteiger charge is 2.20. The molecule has 1 unspecified atom stereocenters. The molecule has 1 fully saturated rings. The summed E-state index contributed by atoms with van der Waals surface area (Å²) in [7, 11) is 0. The van der Waals surface area contributed by atoms with Crippen LogP contribution in [0.15, 0.2) is 18.2 Å². The SMILES string of the molecule is CC(=O)c1cc([N+](=O)[O-])ccc1OC1CCCOC1. The van der Waals surface area contributed by atoms with E-state index in [0.717, 1.165) is 19.4 Å². The molecule has 0 bridgehead atoms. The molecule has 19 heavy (non-hydrogen) atoms. The van der Waals surface area contributed by atoms with Crippen molar-refractivity contribution in [2.45, 2.75) is 25.9 Å². The number of carbonyl (C=O) groups excluding carboxylic acids is 1. The van der Waals surface area contributed by atoms with E-state index in [1.165, 1.54) is 25.1 Å². The second-order valence-electron chi connectivity index (χ2n) is 4.45. The van der Waals surface area contributed by atoms with Gasteiger partial charge in [0.2, 0.25) is 0 Å². The molecular weight excluding hydrogens is 250 g/mol. The van der Waals surface area contributed by atoms with Crippen LogP contribution in [0.2, 0.25) is 0 Å². The zero-order valence-corrected chi connectivity index (χ0v) is 10.6. The minimum atomic E-state index is -0.528. The van der Waals surface area contributed by atoms with Gasteiger partial charge in [-0.2, -0.15) is 0 Å². The molecule has 0 saturated carbocycles. The number of benzene rings is 1. The second kappa shape index (κ2) is 5.79. The van der Waals surface area contributed by atoms with Crippen molar-refractivity contribution < 1.29 is 19.2 Å². The van der Waals surface area contributed by atoms with Gasteiger partial charge in [0.15, 0.2) is 5.78 Å². The van der Waals surface area contributed by atoms with Crippen molar-refractivity contribution in [3.8, 4) is 5.75 Å². The lowest BCUT2D eigenvalue weighted by atomic mass is 10.1. The number of ketones is 1. The molecule has 1 heterocycles. The van der Waals surface area contributed by atoms with Gasteiger partial charge in [-0.1, -0.05) is 0 Å². The molecule has 1 aliphatic rings.